The number of hydrogen-bond donors (Lipinski definition) is 3. The predicted octanol–water partition coefficient (Wildman–Crippen LogP) is 3.01. The molecule has 0 spiro atoms. The van der Waals surface area contributed by atoms with Gasteiger partial charge in [0.1, 0.15) is 11.2 Å². The van der Waals surface area contributed by atoms with E-state index in [1.807, 2.05) is 44.2 Å². The van der Waals surface area contributed by atoms with Gasteiger partial charge in [0, 0.05) is 12.2 Å². The Morgan fingerprint density at radius 2 is 2.05 bits per heavy atom. The van der Waals surface area contributed by atoms with E-state index >= 15 is 0 Å². The first-order valence-corrected chi connectivity index (χ1v) is 8.36. The molecule has 0 radical (unpaired) electrons. The van der Waals surface area contributed by atoms with Gasteiger partial charge in [-0.15, -0.1) is 5.48 Å². The van der Waals surface area contributed by atoms with E-state index in [2.05, 4.69) is 30.7 Å². The summed E-state index contributed by atoms with van der Waals surface area (Å²) in [7, 11) is 0. The van der Waals surface area contributed by atoms with Gasteiger partial charge in [-0.2, -0.15) is 25.3 Å². The molecule has 22 heavy (non-hydrogen) atoms. The lowest BCUT2D eigenvalue weighted by Gasteiger charge is -2.32. The van der Waals surface area contributed by atoms with Crippen LogP contribution in [-0.2, 0) is 14.4 Å². The highest BCUT2D eigenvalue weighted by atomic mass is 32.1. The second-order valence-corrected chi connectivity index (χ2v) is 6.39. The van der Waals surface area contributed by atoms with Crippen molar-refractivity contribution in [2.75, 3.05) is 5.75 Å². The zero-order valence-electron chi connectivity index (χ0n) is 12.9. The molecule has 0 amide bonds. The van der Waals surface area contributed by atoms with E-state index < -0.39 is 4.87 Å². The molecule has 0 bridgehead atoms. The van der Waals surface area contributed by atoms with Crippen LogP contribution in [0.15, 0.2) is 30.3 Å². The zero-order valence-corrected chi connectivity index (χ0v) is 14.6. The smallest absolute Gasteiger partial charge is 0.332 e. The maximum absolute atomic E-state index is 12.3. The number of rotatable bonds is 9. The van der Waals surface area contributed by atoms with Crippen LogP contribution >= 0.6 is 25.3 Å². The Balaban J connectivity index is 2.72. The van der Waals surface area contributed by atoms with Crippen LogP contribution in [0, 0.1) is 5.92 Å². The van der Waals surface area contributed by atoms with Gasteiger partial charge in [-0.3, -0.25) is 0 Å². The molecule has 0 aliphatic carbocycles. The van der Waals surface area contributed by atoms with Crippen molar-refractivity contribution in [3.05, 3.63) is 35.9 Å². The number of aldehydes is 1. The average Bonchev–Trinajstić information content (AvgIpc) is 2.54. The van der Waals surface area contributed by atoms with Crippen molar-refractivity contribution in [3.63, 3.8) is 0 Å². The minimum atomic E-state index is -0.853. The van der Waals surface area contributed by atoms with Gasteiger partial charge in [0.25, 0.3) is 0 Å². The lowest BCUT2D eigenvalue weighted by molar-refractivity contribution is -0.156. The number of hydrogen-bond acceptors (Lipinski definition) is 6. The van der Waals surface area contributed by atoms with E-state index in [-0.39, 0.29) is 17.8 Å². The van der Waals surface area contributed by atoms with Gasteiger partial charge in [0.15, 0.2) is 0 Å². The second-order valence-electron chi connectivity index (χ2n) is 5.28. The van der Waals surface area contributed by atoms with Crippen LogP contribution in [0.3, 0.4) is 0 Å². The number of carbonyl (C=O) groups excluding carboxylic acids is 2. The summed E-state index contributed by atoms with van der Waals surface area (Å²) >= 11 is 8.72. The summed E-state index contributed by atoms with van der Waals surface area (Å²) in [5.41, 5.74) is 3.60. The van der Waals surface area contributed by atoms with E-state index in [0.29, 0.717) is 18.6 Å². The monoisotopic (exact) mass is 341 g/mol. The van der Waals surface area contributed by atoms with E-state index in [1.165, 1.54) is 0 Å². The number of thiol groups is 2. The summed E-state index contributed by atoms with van der Waals surface area (Å²) in [6.07, 6.45) is 1.76. The molecule has 1 aromatic rings. The SMILES string of the molecule is CCC(C(=O)ONC(S)(CS)C(C)CC=O)c1ccccc1. The van der Waals surface area contributed by atoms with Crippen LogP contribution in [0.1, 0.15) is 38.2 Å². The summed E-state index contributed by atoms with van der Waals surface area (Å²) in [6.45, 7) is 3.79. The molecule has 1 aromatic carbocycles. The molecular formula is C16H23NO3S2. The quantitative estimate of drug-likeness (QED) is 0.280. The molecule has 1 N–H and O–H groups in total. The highest BCUT2D eigenvalue weighted by Crippen LogP contribution is 2.27. The maximum atomic E-state index is 12.3. The fourth-order valence-electron chi connectivity index (χ4n) is 2.06. The van der Waals surface area contributed by atoms with E-state index in [0.717, 1.165) is 11.8 Å². The minimum Gasteiger partial charge on any atom is -0.369 e. The van der Waals surface area contributed by atoms with Gasteiger partial charge < -0.3 is 9.63 Å². The number of benzene rings is 1. The molecule has 0 aromatic heterocycles. The molecule has 0 fully saturated rings. The third-order valence-corrected chi connectivity index (χ3v) is 5.17. The number of carbonyl (C=O) groups is 2. The van der Waals surface area contributed by atoms with Gasteiger partial charge in [-0.25, -0.2) is 4.79 Å². The summed E-state index contributed by atoms with van der Waals surface area (Å²) in [5.74, 6) is -0.518. The summed E-state index contributed by atoms with van der Waals surface area (Å²) < 4.78 is 0. The molecular weight excluding hydrogens is 318 g/mol. The molecule has 6 heteroatoms. The van der Waals surface area contributed by atoms with Gasteiger partial charge >= 0.3 is 5.97 Å². The highest BCUT2D eigenvalue weighted by Gasteiger charge is 2.33. The Hall–Kier alpha value is -0.980. The standard InChI is InChI=1S/C16H23NO3S2/c1-3-14(13-7-5-4-6-8-13)15(19)20-17-16(22,11-21)12(2)9-10-18/h4-8,10,12,14,17,21-22H,3,9,11H2,1-2H3. The third kappa shape index (κ3) is 5.04. The largest absolute Gasteiger partial charge is 0.369 e. The van der Waals surface area contributed by atoms with E-state index in [9.17, 15) is 9.59 Å². The Bertz CT molecular complexity index is 484. The fraction of sp³-hybridized carbons (Fsp3) is 0.500. The van der Waals surface area contributed by atoms with Gasteiger partial charge in [-0.1, -0.05) is 44.2 Å². The van der Waals surface area contributed by atoms with Crippen LogP contribution in [0.5, 0.6) is 0 Å². The second kappa shape index (κ2) is 9.22. The number of nitrogens with one attached hydrogen (secondary N) is 1. The van der Waals surface area contributed by atoms with Crippen LogP contribution in [-0.4, -0.2) is 22.9 Å². The van der Waals surface area contributed by atoms with Crippen molar-refractivity contribution >= 4 is 37.5 Å². The fourth-order valence-corrected chi connectivity index (χ4v) is 2.59. The Kier molecular flexibility index (Phi) is 8.00. The lowest BCUT2D eigenvalue weighted by Crippen LogP contribution is -2.48. The zero-order chi connectivity index (χ0) is 16.6. The van der Waals surface area contributed by atoms with Crippen molar-refractivity contribution in [3.8, 4) is 0 Å². The molecule has 0 saturated carbocycles. The van der Waals surface area contributed by atoms with Crippen LogP contribution < -0.4 is 5.48 Å². The summed E-state index contributed by atoms with van der Waals surface area (Å²) in [5, 5.41) is 0. The van der Waals surface area contributed by atoms with Crippen LogP contribution in [0.25, 0.3) is 0 Å². The average molecular weight is 341 g/mol. The van der Waals surface area contributed by atoms with Crippen LogP contribution in [0.4, 0.5) is 0 Å². The van der Waals surface area contributed by atoms with Crippen molar-refractivity contribution in [1.29, 1.82) is 0 Å². The molecule has 0 saturated heterocycles. The normalized spacial score (nSPS) is 16.4. The first-order chi connectivity index (χ1) is 10.5. The van der Waals surface area contributed by atoms with Crippen molar-refractivity contribution < 1.29 is 14.4 Å². The molecule has 1 rings (SSSR count). The summed E-state index contributed by atoms with van der Waals surface area (Å²) in [4.78, 5) is 27.4. The molecule has 4 nitrogen and oxygen atoms in total. The predicted molar refractivity (Wildman–Crippen MR) is 94.1 cm³/mol. The lowest BCUT2D eigenvalue weighted by atomic mass is 9.97. The Morgan fingerprint density at radius 3 is 2.55 bits per heavy atom. The van der Waals surface area contributed by atoms with Gasteiger partial charge in [0.05, 0.1) is 5.92 Å². The van der Waals surface area contributed by atoms with Gasteiger partial charge in [0.2, 0.25) is 0 Å². The van der Waals surface area contributed by atoms with Gasteiger partial charge in [-0.05, 0) is 17.9 Å². The Morgan fingerprint density at radius 1 is 1.41 bits per heavy atom. The first-order valence-electron chi connectivity index (χ1n) is 7.28. The molecule has 3 unspecified atom stereocenters. The van der Waals surface area contributed by atoms with E-state index in [1.54, 1.807) is 0 Å². The van der Waals surface area contributed by atoms with E-state index in [4.69, 9.17) is 4.84 Å². The van der Waals surface area contributed by atoms with Crippen molar-refractivity contribution in [2.24, 2.45) is 5.92 Å². The minimum absolute atomic E-state index is 0.129. The molecule has 122 valence electrons. The highest BCUT2D eigenvalue weighted by molar-refractivity contribution is 7.85. The molecule has 0 aliphatic heterocycles. The van der Waals surface area contributed by atoms with Crippen molar-refractivity contribution in [1.82, 2.24) is 5.48 Å². The summed E-state index contributed by atoms with van der Waals surface area (Å²) in [6, 6.07) is 9.48. The first kappa shape index (κ1) is 19.1. The molecule has 3 atom stereocenters. The molecule has 0 aliphatic rings. The topological polar surface area (TPSA) is 55.4 Å². The van der Waals surface area contributed by atoms with Crippen LogP contribution in [0.2, 0.25) is 0 Å². The number of hydroxylamine groups is 1. The molecule has 0 heterocycles. The third-order valence-electron chi connectivity index (χ3n) is 3.73. The Labute approximate surface area is 142 Å². The maximum Gasteiger partial charge on any atom is 0.332 e. The van der Waals surface area contributed by atoms with Crippen molar-refractivity contribution in [2.45, 2.75) is 37.5 Å².